The number of benzene rings is 2. The van der Waals surface area contributed by atoms with E-state index in [2.05, 4.69) is 10.3 Å². The molecule has 214 valence electrons. The number of nitrogens with one attached hydrogen (secondary N) is 1. The number of ether oxygens (including phenoxy) is 1. The molecule has 2 heterocycles. The Labute approximate surface area is 245 Å². The Morgan fingerprint density at radius 2 is 1.80 bits per heavy atom. The van der Waals surface area contributed by atoms with E-state index in [1.807, 2.05) is 19.2 Å². The highest BCUT2D eigenvalue weighted by molar-refractivity contribution is 7.21. The Bertz CT molecular complexity index is 1620. The van der Waals surface area contributed by atoms with Gasteiger partial charge < -0.3 is 20.7 Å². The van der Waals surface area contributed by atoms with Crippen molar-refractivity contribution in [1.82, 2.24) is 15.2 Å². The molecule has 0 saturated heterocycles. The Morgan fingerprint density at radius 1 is 1.10 bits per heavy atom. The SMILES string of the molecule is CN[C@H]1CC[C@@H](N(Cc2cc(-c3ccnc(C(N)=O)c3)ccc2OC)C(=O)c2sc3c(F)ccc(F)c3c2Cl)CC1. The minimum atomic E-state index is -0.676. The number of pyridine rings is 1. The number of hydrogen-bond donors (Lipinski definition) is 2. The lowest BCUT2D eigenvalue weighted by molar-refractivity contribution is 0.0604. The van der Waals surface area contributed by atoms with E-state index < -0.39 is 23.4 Å². The van der Waals surface area contributed by atoms with Gasteiger partial charge in [0.25, 0.3) is 11.8 Å². The zero-order chi connectivity index (χ0) is 29.3. The fraction of sp³-hybridized carbons (Fsp3) is 0.300. The number of nitrogens with two attached hydrogens (primary N) is 1. The van der Waals surface area contributed by atoms with Gasteiger partial charge in [0, 0.05) is 30.4 Å². The van der Waals surface area contributed by atoms with Gasteiger partial charge in [0.05, 0.1) is 22.2 Å². The Kier molecular flexibility index (Phi) is 8.53. The van der Waals surface area contributed by atoms with Gasteiger partial charge in [-0.3, -0.25) is 14.6 Å². The fourth-order valence-electron chi connectivity index (χ4n) is 5.42. The van der Waals surface area contributed by atoms with Gasteiger partial charge in [0.2, 0.25) is 0 Å². The molecule has 0 bridgehead atoms. The number of fused-ring (bicyclic) bond motifs is 1. The van der Waals surface area contributed by atoms with Crippen molar-refractivity contribution in [3.63, 3.8) is 0 Å². The van der Waals surface area contributed by atoms with Gasteiger partial charge in [-0.15, -0.1) is 11.3 Å². The zero-order valence-electron chi connectivity index (χ0n) is 22.5. The Hall–Kier alpha value is -3.60. The van der Waals surface area contributed by atoms with E-state index in [9.17, 15) is 18.4 Å². The second kappa shape index (κ2) is 12.1. The smallest absolute Gasteiger partial charge is 0.267 e. The third kappa shape index (κ3) is 5.77. The van der Waals surface area contributed by atoms with Crippen LogP contribution in [0.2, 0.25) is 5.02 Å². The molecule has 0 aliphatic heterocycles. The van der Waals surface area contributed by atoms with Crippen LogP contribution in [0.1, 0.15) is 51.4 Å². The van der Waals surface area contributed by atoms with Crippen molar-refractivity contribution in [3.05, 3.63) is 81.5 Å². The van der Waals surface area contributed by atoms with Crippen molar-refractivity contribution in [1.29, 1.82) is 0 Å². The molecule has 7 nitrogen and oxygen atoms in total. The zero-order valence-corrected chi connectivity index (χ0v) is 24.1. The predicted octanol–water partition coefficient (Wildman–Crippen LogP) is 6.18. The fourth-order valence-corrected chi connectivity index (χ4v) is 6.92. The summed E-state index contributed by atoms with van der Waals surface area (Å²) >= 11 is 7.41. The van der Waals surface area contributed by atoms with E-state index in [-0.39, 0.29) is 38.3 Å². The van der Waals surface area contributed by atoms with Gasteiger partial charge in [0.15, 0.2) is 0 Å². The van der Waals surface area contributed by atoms with Crippen LogP contribution in [0.5, 0.6) is 5.75 Å². The number of aromatic nitrogens is 1. The van der Waals surface area contributed by atoms with Crippen LogP contribution in [0.3, 0.4) is 0 Å². The molecule has 0 unspecified atom stereocenters. The van der Waals surface area contributed by atoms with Crippen LogP contribution in [0.25, 0.3) is 21.2 Å². The van der Waals surface area contributed by atoms with Gasteiger partial charge in [-0.05, 0) is 80.3 Å². The summed E-state index contributed by atoms with van der Waals surface area (Å²) in [7, 11) is 3.47. The highest BCUT2D eigenvalue weighted by Gasteiger charge is 2.33. The molecular weight excluding hydrogens is 570 g/mol. The monoisotopic (exact) mass is 598 g/mol. The second-order valence-electron chi connectivity index (χ2n) is 10.0. The number of halogens is 3. The number of methoxy groups -OCH3 is 1. The molecule has 1 fully saturated rings. The van der Waals surface area contributed by atoms with Crippen LogP contribution < -0.4 is 15.8 Å². The maximum absolute atomic E-state index is 14.6. The largest absolute Gasteiger partial charge is 0.496 e. The Balaban J connectivity index is 1.56. The summed E-state index contributed by atoms with van der Waals surface area (Å²) in [5, 5.41) is 3.14. The van der Waals surface area contributed by atoms with Gasteiger partial charge >= 0.3 is 0 Å². The lowest BCUT2D eigenvalue weighted by Gasteiger charge is -2.37. The van der Waals surface area contributed by atoms with Gasteiger partial charge in [0.1, 0.15) is 28.0 Å². The summed E-state index contributed by atoms with van der Waals surface area (Å²) in [6.45, 7) is 0.175. The number of thiophene rings is 1. The van der Waals surface area contributed by atoms with Crippen molar-refractivity contribution in [3.8, 4) is 16.9 Å². The van der Waals surface area contributed by atoms with E-state index in [4.69, 9.17) is 22.1 Å². The third-order valence-electron chi connectivity index (χ3n) is 7.65. The molecule has 2 amide bonds. The number of carbonyl (C=O) groups excluding carboxylic acids is 2. The normalized spacial score (nSPS) is 17.0. The van der Waals surface area contributed by atoms with Crippen molar-refractivity contribution in [2.24, 2.45) is 5.73 Å². The number of hydrogen-bond acceptors (Lipinski definition) is 6. The summed E-state index contributed by atoms with van der Waals surface area (Å²) in [6.07, 6.45) is 4.75. The third-order valence-corrected chi connectivity index (χ3v) is 9.33. The first-order valence-corrected chi connectivity index (χ1v) is 14.4. The second-order valence-corrected chi connectivity index (χ2v) is 11.4. The Morgan fingerprint density at radius 3 is 2.46 bits per heavy atom. The maximum atomic E-state index is 14.6. The average Bonchev–Trinajstić information content (AvgIpc) is 3.35. The molecule has 0 atom stereocenters. The first kappa shape index (κ1) is 28.9. The molecule has 2 aromatic heterocycles. The van der Waals surface area contributed by atoms with Crippen LogP contribution >= 0.6 is 22.9 Å². The number of rotatable bonds is 8. The summed E-state index contributed by atoms with van der Waals surface area (Å²) < 4.78 is 34.9. The van der Waals surface area contributed by atoms with Crippen LogP contribution in [0.4, 0.5) is 8.78 Å². The van der Waals surface area contributed by atoms with Gasteiger partial charge in [-0.2, -0.15) is 0 Å². The summed E-state index contributed by atoms with van der Waals surface area (Å²) in [5.74, 6) is -1.77. The minimum Gasteiger partial charge on any atom is -0.496 e. The van der Waals surface area contributed by atoms with Crippen LogP contribution in [0, 0.1) is 11.6 Å². The van der Waals surface area contributed by atoms with Crippen molar-refractivity contribution in [2.75, 3.05) is 14.2 Å². The first-order valence-electron chi connectivity index (χ1n) is 13.2. The van der Waals surface area contributed by atoms with Crippen LogP contribution in [-0.2, 0) is 6.54 Å². The number of carbonyl (C=O) groups is 2. The molecule has 2 aromatic carbocycles. The van der Waals surface area contributed by atoms with Crippen molar-refractivity contribution < 1.29 is 23.1 Å². The average molecular weight is 599 g/mol. The maximum Gasteiger partial charge on any atom is 0.267 e. The molecule has 0 spiro atoms. The van der Waals surface area contributed by atoms with Gasteiger partial charge in [-0.1, -0.05) is 17.7 Å². The lowest BCUT2D eigenvalue weighted by Crippen LogP contribution is -2.44. The van der Waals surface area contributed by atoms with Gasteiger partial charge in [-0.25, -0.2) is 8.78 Å². The molecule has 1 saturated carbocycles. The molecular formula is C30H29ClF2N4O3S. The number of amides is 2. The summed E-state index contributed by atoms with van der Waals surface area (Å²) in [5.41, 5.74) is 7.79. The van der Waals surface area contributed by atoms with E-state index in [1.54, 1.807) is 30.2 Å². The van der Waals surface area contributed by atoms with E-state index in [1.165, 1.54) is 6.20 Å². The lowest BCUT2D eigenvalue weighted by atomic mass is 9.89. The number of nitrogens with zero attached hydrogens (tertiary/aromatic N) is 2. The van der Waals surface area contributed by atoms with Crippen molar-refractivity contribution >= 4 is 44.8 Å². The standard InChI is InChI=1S/C30H29ClF2N4O3S/c1-35-19-4-6-20(7-5-19)37(30(39)28-26(31)25-21(32)8-9-22(33)27(25)41-28)15-18-13-16(3-10-24(18)40-2)17-11-12-36-23(14-17)29(34)38/h3,8-14,19-20,35H,4-7,15H2,1-2H3,(H2,34,38)/t19-,20+. The summed E-state index contributed by atoms with van der Waals surface area (Å²) in [4.78, 5) is 31.7. The van der Waals surface area contributed by atoms with Crippen LogP contribution in [-0.4, -0.2) is 47.9 Å². The predicted molar refractivity (Wildman–Crippen MR) is 156 cm³/mol. The minimum absolute atomic E-state index is 0.0136. The molecule has 11 heteroatoms. The quantitative estimate of drug-likeness (QED) is 0.253. The molecule has 41 heavy (non-hydrogen) atoms. The number of primary amides is 1. The van der Waals surface area contributed by atoms with Crippen molar-refractivity contribution in [2.45, 2.75) is 44.3 Å². The summed E-state index contributed by atoms with van der Waals surface area (Å²) in [6, 6.07) is 11.2. The van der Waals surface area contributed by atoms with E-state index >= 15 is 0 Å². The highest BCUT2D eigenvalue weighted by atomic mass is 35.5. The molecule has 1 aliphatic rings. The molecule has 4 aromatic rings. The molecule has 5 rings (SSSR count). The van der Waals surface area contributed by atoms with Crippen LogP contribution in [0.15, 0.2) is 48.7 Å². The highest BCUT2D eigenvalue weighted by Crippen LogP contribution is 2.40. The first-order chi connectivity index (χ1) is 19.7. The molecule has 1 aliphatic carbocycles. The van der Waals surface area contributed by atoms with E-state index in [0.29, 0.717) is 11.8 Å². The van der Waals surface area contributed by atoms with E-state index in [0.717, 1.165) is 65.8 Å². The molecule has 0 radical (unpaired) electrons. The topological polar surface area (TPSA) is 97.6 Å². The molecule has 3 N–H and O–H groups in total.